The Hall–Kier alpha value is -3.69. The second kappa shape index (κ2) is 6.66. The smallest absolute Gasteiger partial charge is 0.414 e. The fourth-order valence-corrected chi connectivity index (χ4v) is 4.23. The van der Waals surface area contributed by atoms with Crippen LogP contribution in [0.2, 0.25) is 0 Å². The van der Waals surface area contributed by atoms with E-state index in [2.05, 4.69) is 20.6 Å². The molecule has 0 bridgehead atoms. The number of amides is 2. The number of anilines is 3. The molecule has 2 fully saturated rings. The highest BCUT2D eigenvalue weighted by Crippen LogP contribution is 2.59. The van der Waals surface area contributed by atoms with E-state index in [0.717, 1.165) is 12.0 Å². The molecule has 2 amide bonds. The normalized spacial score (nSPS) is 25.0. The summed E-state index contributed by atoms with van der Waals surface area (Å²) in [5.74, 6) is 0.347. The van der Waals surface area contributed by atoms with Gasteiger partial charge in [-0.3, -0.25) is 14.4 Å². The molecule has 2 aliphatic rings. The first-order valence-corrected chi connectivity index (χ1v) is 10.1. The van der Waals surface area contributed by atoms with Crippen molar-refractivity contribution < 1.29 is 14.3 Å². The fraction of sp³-hybridized carbons (Fsp3) is 0.381. The largest absolute Gasteiger partial charge is 0.447 e. The number of carbonyl (C=O) groups excluding carboxylic acids is 2. The number of nitrogen functional groups attached to an aromatic ring is 1. The number of carbonyl (C=O) groups is 2. The SMILES string of the molecule is C[C@H]1COC(=O)N1c1cc(N)c2nnc(NC(=O)[C@@]3(C)C[C@@H]3c3cnn(C)c3)cc2c1. The summed E-state index contributed by atoms with van der Waals surface area (Å²) in [5.41, 5.74) is 8.21. The quantitative estimate of drug-likeness (QED) is 0.619. The molecule has 10 nitrogen and oxygen atoms in total. The van der Waals surface area contributed by atoms with E-state index in [1.54, 1.807) is 34.0 Å². The Kier molecular flexibility index (Phi) is 4.14. The molecule has 5 rings (SSSR count). The molecule has 160 valence electrons. The maximum Gasteiger partial charge on any atom is 0.414 e. The van der Waals surface area contributed by atoms with Gasteiger partial charge in [0.1, 0.15) is 12.1 Å². The van der Waals surface area contributed by atoms with Gasteiger partial charge in [0.15, 0.2) is 5.82 Å². The van der Waals surface area contributed by atoms with Crippen LogP contribution >= 0.6 is 0 Å². The summed E-state index contributed by atoms with van der Waals surface area (Å²) >= 11 is 0. The summed E-state index contributed by atoms with van der Waals surface area (Å²) in [5, 5.41) is 16.1. The van der Waals surface area contributed by atoms with Crippen molar-refractivity contribution in [1.82, 2.24) is 20.0 Å². The molecule has 0 unspecified atom stereocenters. The van der Waals surface area contributed by atoms with Crippen LogP contribution in [-0.2, 0) is 16.6 Å². The molecule has 0 spiro atoms. The molecule has 3 atom stereocenters. The summed E-state index contributed by atoms with van der Waals surface area (Å²) in [4.78, 5) is 26.6. The number of hydrogen-bond acceptors (Lipinski definition) is 7. The molecule has 2 aromatic heterocycles. The van der Waals surface area contributed by atoms with Crippen LogP contribution < -0.4 is 16.0 Å². The van der Waals surface area contributed by atoms with Gasteiger partial charge in [-0.1, -0.05) is 6.92 Å². The Morgan fingerprint density at radius 2 is 2.13 bits per heavy atom. The van der Waals surface area contributed by atoms with E-state index in [0.29, 0.717) is 34.7 Å². The molecule has 1 aliphatic carbocycles. The molecule has 10 heteroatoms. The van der Waals surface area contributed by atoms with Crippen molar-refractivity contribution in [3.8, 4) is 0 Å². The Labute approximate surface area is 178 Å². The van der Waals surface area contributed by atoms with Crippen molar-refractivity contribution in [2.45, 2.75) is 32.2 Å². The maximum absolute atomic E-state index is 13.0. The number of nitrogens with zero attached hydrogens (tertiary/aromatic N) is 5. The van der Waals surface area contributed by atoms with Crippen LogP contribution in [0.3, 0.4) is 0 Å². The van der Waals surface area contributed by atoms with Gasteiger partial charge in [0.25, 0.3) is 0 Å². The molecule has 3 aromatic rings. The number of rotatable bonds is 4. The van der Waals surface area contributed by atoms with Gasteiger partial charge in [-0.05, 0) is 37.1 Å². The molecular formula is C21H23N7O3. The minimum atomic E-state index is -0.519. The lowest BCUT2D eigenvalue weighted by Gasteiger charge is -2.19. The average molecular weight is 421 g/mol. The molecule has 1 aromatic carbocycles. The monoisotopic (exact) mass is 421 g/mol. The van der Waals surface area contributed by atoms with Crippen LogP contribution in [0.15, 0.2) is 30.6 Å². The maximum atomic E-state index is 13.0. The van der Waals surface area contributed by atoms with E-state index >= 15 is 0 Å². The van der Waals surface area contributed by atoms with Crippen LogP contribution in [0, 0.1) is 5.41 Å². The third kappa shape index (κ3) is 3.15. The van der Waals surface area contributed by atoms with Crippen LogP contribution in [-0.4, -0.2) is 44.6 Å². The second-order valence-electron chi connectivity index (χ2n) is 8.57. The predicted molar refractivity (Wildman–Crippen MR) is 115 cm³/mol. The van der Waals surface area contributed by atoms with Gasteiger partial charge < -0.3 is 15.8 Å². The Morgan fingerprint density at radius 3 is 2.81 bits per heavy atom. The second-order valence-corrected chi connectivity index (χ2v) is 8.57. The first kappa shape index (κ1) is 19.3. The highest BCUT2D eigenvalue weighted by atomic mass is 16.6. The van der Waals surface area contributed by atoms with Gasteiger partial charge in [-0.15, -0.1) is 10.2 Å². The van der Waals surface area contributed by atoms with Crippen LogP contribution in [0.1, 0.15) is 31.7 Å². The molecular weight excluding hydrogens is 398 g/mol. The molecule has 31 heavy (non-hydrogen) atoms. The number of ether oxygens (including phenoxy) is 1. The van der Waals surface area contributed by atoms with Crippen molar-refractivity contribution in [3.05, 3.63) is 36.2 Å². The van der Waals surface area contributed by atoms with Gasteiger partial charge in [-0.2, -0.15) is 5.10 Å². The minimum Gasteiger partial charge on any atom is -0.447 e. The van der Waals surface area contributed by atoms with Crippen molar-refractivity contribution in [2.75, 3.05) is 22.6 Å². The number of nitrogens with two attached hydrogens (primary N) is 1. The van der Waals surface area contributed by atoms with Crippen molar-refractivity contribution in [1.29, 1.82) is 0 Å². The van der Waals surface area contributed by atoms with E-state index < -0.39 is 11.5 Å². The number of aromatic nitrogens is 4. The fourth-order valence-electron chi connectivity index (χ4n) is 4.23. The van der Waals surface area contributed by atoms with Gasteiger partial charge in [0.2, 0.25) is 5.91 Å². The van der Waals surface area contributed by atoms with Crippen molar-refractivity contribution in [3.63, 3.8) is 0 Å². The zero-order valence-electron chi connectivity index (χ0n) is 17.5. The highest BCUT2D eigenvalue weighted by molar-refractivity contribution is 6.01. The van der Waals surface area contributed by atoms with E-state index in [1.165, 1.54) is 0 Å². The number of nitrogens with one attached hydrogen (secondary N) is 1. The lowest BCUT2D eigenvalue weighted by atomic mass is 10.0. The zero-order chi connectivity index (χ0) is 21.9. The third-order valence-electron chi connectivity index (χ3n) is 6.19. The van der Waals surface area contributed by atoms with E-state index in [1.807, 2.05) is 27.1 Å². The van der Waals surface area contributed by atoms with E-state index in [4.69, 9.17) is 10.5 Å². The summed E-state index contributed by atoms with van der Waals surface area (Å²) in [6, 6.07) is 5.10. The molecule has 3 heterocycles. The molecule has 0 radical (unpaired) electrons. The summed E-state index contributed by atoms with van der Waals surface area (Å²) in [6.45, 7) is 4.16. The molecule has 3 N–H and O–H groups in total. The molecule has 1 saturated heterocycles. The number of aryl methyl sites for hydroxylation is 1. The summed E-state index contributed by atoms with van der Waals surface area (Å²) < 4.78 is 6.84. The lowest BCUT2D eigenvalue weighted by molar-refractivity contribution is -0.120. The molecule has 1 aliphatic heterocycles. The first-order valence-electron chi connectivity index (χ1n) is 10.1. The van der Waals surface area contributed by atoms with E-state index in [9.17, 15) is 9.59 Å². The Balaban J connectivity index is 1.40. The van der Waals surface area contributed by atoms with Crippen LogP contribution in [0.5, 0.6) is 0 Å². The Morgan fingerprint density at radius 1 is 1.32 bits per heavy atom. The van der Waals surface area contributed by atoms with Gasteiger partial charge in [-0.25, -0.2) is 4.79 Å². The summed E-state index contributed by atoms with van der Waals surface area (Å²) in [6.07, 6.45) is 4.07. The topological polar surface area (TPSA) is 128 Å². The first-order chi connectivity index (χ1) is 14.8. The zero-order valence-corrected chi connectivity index (χ0v) is 17.5. The predicted octanol–water partition coefficient (Wildman–Crippen LogP) is 2.42. The summed E-state index contributed by atoms with van der Waals surface area (Å²) in [7, 11) is 1.86. The average Bonchev–Trinajstić information content (AvgIpc) is 3.05. The number of cyclic esters (lactones) is 1. The number of hydrogen-bond donors (Lipinski definition) is 2. The van der Waals surface area contributed by atoms with Crippen LogP contribution in [0.4, 0.5) is 22.0 Å². The van der Waals surface area contributed by atoms with E-state index in [-0.39, 0.29) is 17.9 Å². The van der Waals surface area contributed by atoms with Crippen molar-refractivity contribution in [2.24, 2.45) is 12.5 Å². The Bertz CT molecular complexity index is 1220. The van der Waals surface area contributed by atoms with Gasteiger partial charge in [0.05, 0.1) is 29.0 Å². The standard InChI is InChI=1S/C21H23N7O3/c1-11-10-31-20(30)28(11)14-4-12-5-17(25-26-18(12)16(22)6-14)24-19(29)21(2)7-15(21)13-8-23-27(3)9-13/h4-6,8-9,11,15H,7,10,22H2,1-3H3,(H,24,25,29)/t11-,15+,21-/m0/s1. The van der Waals surface area contributed by atoms with Gasteiger partial charge >= 0.3 is 6.09 Å². The molecule has 1 saturated carbocycles. The van der Waals surface area contributed by atoms with Crippen LogP contribution in [0.25, 0.3) is 10.9 Å². The van der Waals surface area contributed by atoms with Crippen molar-refractivity contribution >= 4 is 40.1 Å². The number of benzene rings is 1. The highest BCUT2D eigenvalue weighted by Gasteiger charge is 2.57. The lowest BCUT2D eigenvalue weighted by Crippen LogP contribution is -2.30. The number of fused-ring (bicyclic) bond motifs is 1. The van der Waals surface area contributed by atoms with Gasteiger partial charge in [0, 0.05) is 24.5 Å². The minimum absolute atomic E-state index is 0.0995. The third-order valence-corrected chi connectivity index (χ3v) is 6.19.